The summed E-state index contributed by atoms with van der Waals surface area (Å²) in [7, 11) is 1.43. The fraction of sp³-hybridized carbons (Fsp3) is 0.280. The molecule has 740 valence electrons. The van der Waals surface area contributed by atoms with Crippen molar-refractivity contribution in [1.29, 1.82) is 0 Å². The van der Waals surface area contributed by atoms with E-state index >= 15 is 0 Å². The van der Waals surface area contributed by atoms with Crippen LogP contribution in [0.25, 0.3) is 63.9 Å². The van der Waals surface area contributed by atoms with E-state index in [0.717, 1.165) is 11.1 Å². The van der Waals surface area contributed by atoms with Crippen LogP contribution in [0.5, 0.6) is 11.8 Å². The van der Waals surface area contributed by atoms with E-state index in [2.05, 4.69) is 152 Å². The molecule has 0 aliphatic heterocycles. The van der Waals surface area contributed by atoms with Crippen LogP contribution in [0.15, 0.2) is 245 Å². The number of para-hydroxylation sites is 3. The molecule has 11 N–H and O–H groups in total. The van der Waals surface area contributed by atoms with Gasteiger partial charge in [0.2, 0.25) is 52.2 Å². The minimum atomic E-state index is -0.428. The van der Waals surface area contributed by atoms with Crippen molar-refractivity contribution >= 4 is 91.9 Å². The average molecular weight is 1960 g/mol. The molecule has 0 saturated carbocycles. The van der Waals surface area contributed by atoms with Crippen LogP contribution in [0, 0.1) is 46.7 Å². The van der Waals surface area contributed by atoms with Gasteiger partial charge in [-0.15, -0.1) is 51.1 Å². The first kappa shape index (κ1) is 105. The molecule has 0 aliphatic rings. The normalized spacial score (nSPS) is 11.7. The van der Waals surface area contributed by atoms with Crippen molar-refractivity contribution in [2.24, 2.45) is 51.1 Å². The number of benzene rings is 6. The fourth-order valence-electron chi connectivity index (χ4n) is 14.0. The van der Waals surface area contributed by atoms with Crippen molar-refractivity contribution in [1.82, 2.24) is 99.9 Å². The Bertz CT molecular complexity index is 8040. The SMILES string of the molecule is [C-]#[N+]c1c(N=Nc2c(-c3ccccc3)[nH]n(-c3ccccc3)c2=O)n[nH]c1C(C)(C)C.[C-]#[N+]c1c(N=Nc2c(C)[nH]n(-c3ccc(C(=O)OCC)cc3)c2=O)n[nH]c1C(C)(C)C.[C-]#[N+]c1c(N=Nc2c(C)[nH]n(-c3ccc(CO)cc3)c2=O)n[nH]c1C(C)(C)C.[C-]#[N+]c1c(N=Nc2c(OC)[nH]n(-c3ccccc3)c2=O)n[nH]c1C(C)(C)C.[C-]#[N+]c1c(N=Nc2c(OCC)[nH]n(-c3ccccc3)c2=O)n[nH]c1C(C)(C)C. The first-order valence-corrected chi connectivity index (χ1v) is 45.0. The second kappa shape index (κ2) is 44.8. The minimum Gasteiger partial charge on any atom is -0.480 e. The molecule has 0 amide bonds. The molecule has 0 aliphatic carbocycles. The lowest BCUT2D eigenvalue weighted by Gasteiger charge is -2.16. The molecule has 0 atom stereocenters. The average Bonchev–Trinajstić information content (AvgIpc) is 1.64. The number of nitrogens with zero attached hydrogens (tertiary/aromatic N) is 25. The summed E-state index contributed by atoms with van der Waals surface area (Å²) >= 11 is 0. The van der Waals surface area contributed by atoms with E-state index in [1.165, 1.54) is 30.5 Å². The molecule has 16 aromatic rings. The van der Waals surface area contributed by atoms with Crippen LogP contribution in [0.4, 0.5) is 86.0 Å². The molecule has 6 aromatic carbocycles. The van der Waals surface area contributed by atoms with Crippen molar-refractivity contribution in [3.8, 4) is 51.5 Å². The van der Waals surface area contributed by atoms with Crippen LogP contribution in [-0.2, 0) is 38.4 Å². The van der Waals surface area contributed by atoms with Crippen LogP contribution in [0.2, 0.25) is 0 Å². The van der Waals surface area contributed by atoms with Crippen LogP contribution >= 0.6 is 0 Å². The van der Waals surface area contributed by atoms with E-state index in [9.17, 15) is 28.8 Å². The quantitative estimate of drug-likeness (QED) is 0.0171. The summed E-state index contributed by atoms with van der Waals surface area (Å²) in [6.45, 7) is 74.2. The highest BCUT2D eigenvalue weighted by Gasteiger charge is 2.32. The van der Waals surface area contributed by atoms with Crippen molar-refractivity contribution in [2.45, 2.75) is 165 Å². The maximum absolute atomic E-state index is 13.2. The molecular weight excluding hydrogens is 1850 g/mol. The maximum Gasteiger partial charge on any atom is 0.338 e. The van der Waals surface area contributed by atoms with E-state index in [4.69, 9.17) is 52.2 Å². The maximum atomic E-state index is 13.2. The van der Waals surface area contributed by atoms with Crippen molar-refractivity contribution in [2.75, 3.05) is 20.3 Å². The topological polar surface area (TPSA) is 543 Å². The minimum absolute atomic E-state index is 0.00223. The number of esters is 1. The molecule has 0 bridgehead atoms. The third kappa shape index (κ3) is 23.9. The van der Waals surface area contributed by atoms with E-state index in [1.54, 1.807) is 100 Å². The summed E-state index contributed by atoms with van der Waals surface area (Å²) in [6, 6.07) is 50.1. The number of aryl methyl sites for hydroxylation is 2. The summed E-state index contributed by atoms with van der Waals surface area (Å²) in [5.74, 6) is 0.648. The Balaban J connectivity index is 0.000000162. The number of aliphatic hydroxyl groups is 1. The molecule has 45 nitrogen and oxygen atoms in total. The van der Waals surface area contributed by atoms with Gasteiger partial charge in [0.1, 0.15) is 0 Å². The van der Waals surface area contributed by atoms with Gasteiger partial charge >= 0.3 is 17.1 Å². The highest BCUT2D eigenvalue weighted by Crippen LogP contribution is 2.44. The number of aromatic amines is 10. The Labute approximate surface area is 829 Å². The molecule has 0 radical (unpaired) electrons. The van der Waals surface area contributed by atoms with Gasteiger partial charge < -0.3 is 19.3 Å². The number of ether oxygens (including phenoxy) is 3. The third-order valence-electron chi connectivity index (χ3n) is 21.4. The van der Waals surface area contributed by atoms with Gasteiger partial charge in [0.25, 0.3) is 45.1 Å². The molecule has 0 saturated heterocycles. The van der Waals surface area contributed by atoms with Gasteiger partial charge in [-0.2, -0.15) is 25.5 Å². The van der Waals surface area contributed by atoms with Crippen molar-refractivity contribution in [3.63, 3.8) is 0 Å². The third-order valence-corrected chi connectivity index (χ3v) is 21.4. The molecule has 0 unspecified atom stereocenters. The van der Waals surface area contributed by atoms with Gasteiger partial charge in [0.05, 0.1) is 111 Å². The zero-order chi connectivity index (χ0) is 105. The number of azo groups is 5. The van der Waals surface area contributed by atoms with Gasteiger partial charge in [-0.1, -0.05) is 201 Å². The number of hydrogen-bond donors (Lipinski definition) is 11. The summed E-state index contributed by atoms with van der Waals surface area (Å²) in [5, 5.41) is 99.3. The Morgan fingerprint density at radius 3 is 0.917 bits per heavy atom. The molecule has 0 spiro atoms. The number of hydrogen-bond acceptors (Lipinski definition) is 25. The Kier molecular flexibility index (Phi) is 32.4. The van der Waals surface area contributed by atoms with E-state index < -0.39 is 22.6 Å². The highest BCUT2D eigenvalue weighted by molar-refractivity contribution is 5.89. The monoisotopic (exact) mass is 1960 g/mol. The largest absolute Gasteiger partial charge is 0.480 e. The predicted molar refractivity (Wildman–Crippen MR) is 545 cm³/mol. The van der Waals surface area contributed by atoms with Gasteiger partial charge in [0.15, 0.2) is 17.1 Å². The first-order valence-electron chi connectivity index (χ1n) is 45.0. The van der Waals surface area contributed by atoms with Gasteiger partial charge in [-0.3, -0.25) is 75.0 Å². The second-order valence-corrected chi connectivity index (χ2v) is 37.1. The number of nitrogens with one attached hydrogen (secondary N) is 10. The molecule has 10 aromatic heterocycles. The lowest BCUT2D eigenvalue weighted by atomic mass is 9.91. The number of carbonyl (C=O) groups is 1. The number of H-pyrrole nitrogens is 10. The lowest BCUT2D eigenvalue weighted by Crippen LogP contribution is -2.14. The summed E-state index contributed by atoms with van der Waals surface area (Å²) < 4.78 is 22.4. The van der Waals surface area contributed by atoms with Crippen LogP contribution in [0.1, 0.15) is 173 Å². The molecular formula is C100H105N35O10. The number of rotatable bonds is 22. The van der Waals surface area contributed by atoms with Gasteiger partial charge in [-0.25, -0.2) is 52.4 Å². The summed E-state index contributed by atoms with van der Waals surface area (Å²) in [4.78, 5) is 93.7. The number of methoxy groups -OCH3 is 1. The lowest BCUT2D eigenvalue weighted by molar-refractivity contribution is 0.0526. The molecule has 0 fully saturated rings. The van der Waals surface area contributed by atoms with E-state index in [0.29, 0.717) is 97.5 Å². The Morgan fingerprint density at radius 2 is 0.614 bits per heavy atom. The van der Waals surface area contributed by atoms with Crippen molar-refractivity contribution < 1.29 is 24.1 Å². The second-order valence-electron chi connectivity index (χ2n) is 37.1. The van der Waals surface area contributed by atoms with E-state index in [1.807, 2.05) is 201 Å². The smallest absolute Gasteiger partial charge is 0.338 e. The molecule has 45 heteroatoms. The van der Waals surface area contributed by atoms with Gasteiger partial charge in [0, 0.05) is 34.0 Å². The zero-order valence-electron chi connectivity index (χ0n) is 83.1. The highest BCUT2D eigenvalue weighted by atomic mass is 16.5. The standard InChI is InChI=1S/C23H21N7O.C21H23N7O3.2C19H21N7O2.C18H19N7O2/c1-23(2,3)20-19(24-4)21(28-26-20)27-25-18-17(15-11-7-5-8-12-15)29-30(22(18)31)16-13-9-6-10-14-16;1-7-31-20(30)13-8-10-14(11-9-13)28-19(29)15(12(2)27-28)23-25-18-16(22-6)17(24-26-18)21(3,4)5;1-11-14(18(28)26(25-11)13-8-6-12(10-27)7-9-13)21-23-17-15(20-5)16(22-24-17)19(2,3)4;1-6-28-17-14(18(27)26(25-17)12-10-8-7-9-11-12)21-23-16-13(20-5)15(22-24-16)19(2,3)4;1-18(2,3)14-12(19-4)15(23-21-14)22-20-13-16(27-5)24-25(17(13)26)11-9-7-6-8-10-11/h5-14,29H,1-3H3,(H,26,28);8-11,27H,7H2,1-5H3,(H,24,26);6-9,25,27H,10H2,1-4H3,(H,22,24);7-11,25H,6H2,1-4H3,(H,22,24);6-10,24H,1-3,5H3,(H,21,23). The number of aliphatic hydroxyl groups excluding tert-OH is 1. The first-order chi connectivity index (χ1) is 69.0. The van der Waals surface area contributed by atoms with Crippen molar-refractivity contribution in [3.05, 3.63) is 330 Å². The molecule has 145 heavy (non-hydrogen) atoms. The van der Waals surface area contributed by atoms with Crippen LogP contribution in [-0.4, -0.2) is 131 Å². The molecule has 10 heterocycles. The van der Waals surface area contributed by atoms with Crippen LogP contribution in [0.3, 0.4) is 0 Å². The van der Waals surface area contributed by atoms with Gasteiger partial charge in [-0.05, 0) is 133 Å². The van der Waals surface area contributed by atoms with Crippen LogP contribution < -0.4 is 37.3 Å². The summed E-state index contributed by atoms with van der Waals surface area (Å²) in [5.41, 5.74) is 8.33. The fourth-order valence-corrected chi connectivity index (χ4v) is 14.0. The van der Waals surface area contributed by atoms with E-state index in [-0.39, 0.29) is 138 Å². The zero-order valence-corrected chi connectivity index (χ0v) is 83.1. The summed E-state index contributed by atoms with van der Waals surface area (Å²) in [6.07, 6.45) is 0. The Morgan fingerprint density at radius 1 is 0.345 bits per heavy atom. The number of aromatic nitrogens is 20. The molecule has 16 rings (SSSR count). The predicted octanol–water partition coefficient (Wildman–Crippen LogP) is 23.1. The Hall–Kier alpha value is -19.1. The number of carbonyl (C=O) groups excluding carboxylic acids is 1.